The van der Waals surface area contributed by atoms with Crippen molar-refractivity contribution in [1.29, 1.82) is 0 Å². The quantitative estimate of drug-likeness (QED) is 0.357. The van der Waals surface area contributed by atoms with Crippen molar-refractivity contribution in [3.05, 3.63) is 107 Å². The molecule has 0 radical (unpaired) electrons. The molecule has 0 fully saturated rings. The summed E-state index contributed by atoms with van der Waals surface area (Å²) in [6, 6.07) is 27.6. The highest BCUT2D eigenvalue weighted by atomic mass is 19.1. The molecule has 4 aromatic rings. The average Bonchev–Trinajstić information content (AvgIpc) is 2.72. The van der Waals surface area contributed by atoms with E-state index in [9.17, 15) is 4.39 Å². The molecule has 0 spiro atoms. The van der Waals surface area contributed by atoms with Crippen LogP contribution in [-0.2, 0) is 6.42 Å². The zero-order valence-electron chi connectivity index (χ0n) is 15.2. The normalized spacial score (nSPS) is 10.4. The van der Waals surface area contributed by atoms with Crippen molar-refractivity contribution >= 4 is 10.8 Å². The summed E-state index contributed by atoms with van der Waals surface area (Å²) in [7, 11) is 0. The van der Waals surface area contributed by atoms with Crippen LogP contribution in [0.2, 0.25) is 0 Å². The lowest BCUT2D eigenvalue weighted by Gasteiger charge is -2.03. The van der Waals surface area contributed by atoms with Gasteiger partial charge in [-0.3, -0.25) is 0 Å². The van der Waals surface area contributed by atoms with Gasteiger partial charge in [-0.25, -0.2) is 4.39 Å². The number of hydrogen-bond donors (Lipinski definition) is 0. The van der Waals surface area contributed by atoms with E-state index >= 15 is 0 Å². The second kappa shape index (κ2) is 7.48. The number of rotatable bonds is 2. The molecule has 0 aliphatic rings. The highest BCUT2D eigenvalue weighted by Crippen LogP contribution is 2.21. The first kappa shape index (κ1) is 17.1. The highest BCUT2D eigenvalue weighted by Gasteiger charge is 1.99. The molecule has 27 heavy (non-hydrogen) atoms. The topological polar surface area (TPSA) is 0 Å². The summed E-state index contributed by atoms with van der Waals surface area (Å²) in [5.74, 6) is 6.19. The third kappa shape index (κ3) is 3.91. The monoisotopic (exact) mass is 350 g/mol. The van der Waals surface area contributed by atoms with Gasteiger partial charge in [-0.05, 0) is 70.3 Å². The smallest absolute Gasteiger partial charge is 0.123 e. The van der Waals surface area contributed by atoms with Gasteiger partial charge in [0.2, 0.25) is 0 Å². The third-order valence-corrected chi connectivity index (χ3v) is 4.73. The van der Waals surface area contributed by atoms with E-state index in [1.165, 1.54) is 28.8 Å². The van der Waals surface area contributed by atoms with Gasteiger partial charge in [0.1, 0.15) is 5.82 Å². The zero-order valence-corrected chi connectivity index (χ0v) is 15.2. The van der Waals surface area contributed by atoms with Gasteiger partial charge in [-0.15, -0.1) is 0 Å². The number of fused-ring (bicyclic) bond motifs is 1. The summed E-state index contributed by atoms with van der Waals surface area (Å²) >= 11 is 0. The van der Waals surface area contributed by atoms with Gasteiger partial charge in [0, 0.05) is 11.1 Å². The summed E-state index contributed by atoms with van der Waals surface area (Å²) in [4.78, 5) is 0. The van der Waals surface area contributed by atoms with Crippen molar-refractivity contribution in [1.82, 2.24) is 0 Å². The Morgan fingerprint density at radius 3 is 1.89 bits per heavy atom. The molecule has 0 bridgehead atoms. The molecule has 0 aliphatic heterocycles. The van der Waals surface area contributed by atoms with Crippen LogP contribution in [0.1, 0.15) is 23.6 Å². The maximum Gasteiger partial charge on any atom is 0.123 e. The first-order valence-electron chi connectivity index (χ1n) is 9.12. The van der Waals surface area contributed by atoms with Crippen molar-refractivity contribution in [3.63, 3.8) is 0 Å². The lowest BCUT2D eigenvalue weighted by atomic mass is 10.0. The lowest BCUT2D eigenvalue weighted by Crippen LogP contribution is -1.82. The second-order valence-corrected chi connectivity index (χ2v) is 6.58. The van der Waals surface area contributed by atoms with Crippen LogP contribution < -0.4 is 0 Å². The van der Waals surface area contributed by atoms with Gasteiger partial charge >= 0.3 is 0 Å². The van der Waals surface area contributed by atoms with E-state index in [-0.39, 0.29) is 5.82 Å². The third-order valence-electron chi connectivity index (χ3n) is 4.73. The fourth-order valence-corrected chi connectivity index (χ4v) is 3.12. The van der Waals surface area contributed by atoms with E-state index in [0.29, 0.717) is 0 Å². The highest BCUT2D eigenvalue weighted by molar-refractivity contribution is 5.84. The van der Waals surface area contributed by atoms with Gasteiger partial charge in [0.15, 0.2) is 0 Å². The van der Waals surface area contributed by atoms with E-state index in [1.807, 2.05) is 30.3 Å². The van der Waals surface area contributed by atoms with Crippen molar-refractivity contribution in [2.75, 3.05) is 0 Å². The predicted octanol–water partition coefficient (Wildman–Crippen LogP) is 6.61. The van der Waals surface area contributed by atoms with E-state index in [2.05, 4.69) is 55.2 Å². The minimum atomic E-state index is -0.217. The number of aryl methyl sites for hydroxylation is 1. The van der Waals surface area contributed by atoms with Crippen molar-refractivity contribution < 1.29 is 4.39 Å². The SMILES string of the molecule is CCc1ccc(-c2ccc(C#Cc3ccc4cc(F)ccc4c3)cc2)cc1. The van der Waals surface area contributed by atoms with Crippen LogP contribution in [-0.4, -0.2) is 0 Å². The molecule has 0 aromatic heterocycles. The second-order valence-electron chi connectivity index (χ2n) is 6.58. The van der Waals surface area contributed by atoms with Crippen molar-refractivity contribution in [3.8, 4) is 23.0 Å². The molecule has 0 unspecified atom stereocenters. The van der Waals surface area contributed by atoms with E-state index in [0.717, 1.165) is 28.3 Å². The van der Waals surface area contributed by atoms with Gasteiger partial charge in [0.05, 0.1) is 0 Å². The average molecular weight is 350 g/mol. The summed E-state index contributed by atoms with van der Waals surface area (Å²) in [5, 5.41) is 1.88. The van der Waals surface area contributed by atoms with Crippen LogP contribution in [0.25, 0.3) is 21.9 Å². The minimum absolute atomic E-state index is 0.217. The Bertz CT molecular complexity index is 1140. The standard InChI is InChI=1S/C26H19F/c1-2-19-5-10-22(11-6-19)23-12-7-20(8-13-23)3-4-21-9-14-25-18-26(27)16-15-24(25)17-21/h5-18H,2H2,1H3. The number of halogens is 1. The van der Waals surface area contributed by atoms with Gasteiger partial charge in [-0.2, -0.15) is 0 Å². The van der Waals surface area contributed by atoms with Crippen LogP contribution in [0.15, 0.2) is 84.9 Å². The summed E-state index contributed by atoms with van der Waals surface area (Å²) in [5.41, 5.74) is 5.65. The van der Waals surface area contributed by atoms with Crippen LogP contribution in [0.3, 0.4) is 0 Å². The Kier molecular flexibility index (Phi) is 4.73. The molecule has 4 rings (SSSR count). The molecule has 0 N–H and O–H groups in total. The first-order valence-corrected chi connectivity index (χ1v) is 9.12. The Labute approximate surface area is 159 Å². The number of hydrogen-bond acceptors (Lipinski definition) is 0. The Morgan fingerprint density at radius 1 is 0.630 bits per heavy atom. The van der Waals surface area contributed by atoms with Crippen LogP contribution >= 0.6 is 0 Å². The Balaban J connectivity index is 1.56. The summed E-state index contributed by atoms with van der Waals surface area (Å²) in [6.07, 6.45) is 1.05. The number of benzene rings is 4. The predicted molar refractivity (Wildman–Crippen MR) is 111 cm³/mol. The molecule has 130 valence electrons. The van der Waals surface area contributed by atoms with Crippen LogP contribution in [0.4, 0.5) is 4.39 Å². The minimum Gasteiger partial charge on any atom is -0.207 e. The maximum absolute atomic E-state index is 13.3. The molecule has 1 heteroatoms. The summed E-state index contributed by atoms with van der Waals surface area (Å²) in [6.45, 7) is 2.16. The van der Waals surface area contributed by atoms with Crippen LogP contribution in [0.5, 0.6) is 0 Å². The molecule has 0 aliphatic carbocycles. The molecule has 0 nitrogen and oxygen atoms in total. The maximum atomic E-state index is 13.3. The van der Waals surface area contributed by atoms with Crippen molar-refractivity contribution in [2.45, 2.75) is 13.3 Å². The fourth-order valence-electron chi connectivity index (χ4n) is 3.12. The molecular weight excluding hydrogens is 331 g/mol. The summed E-state index contributed by atoms with van der Waals surface area (Å²) < 4.78 is 13.3. The first-order chi connectivity index (χ1) is 13.2. The molecule has 0 saturated carbocycles. The van der Waals surface area contributed by atoms with Crippen molar-refractivity contribution in [2.24, 2.45) is 0 Å². The lowest BCUT2D eigenvalue weighted by molar-refractivity contribution is 0.630. The van der Waals surface area contributed by atoms with Gasteiger partial charge in [0.25, 0.3) is 0 Å². The molecule has 4 aromatic carbocycles. The van der Waals surface area contributed by atoms with E-state index < -0.39 is 0 Å². The Morgan fingerprint density at radius 2 is 1.19 bits per heavy atom. The molecule has 0 atom stereocenters. The molecular formula is C26H19F. The molecule has 0 heterocycles. The zero-order chi connectivity index (χ0) is 18.6. The Hall–Kier alpha value is -3.37. The molecule has 0 amide bonds. The van der Waals surface area contributed by atoms with E-state index in [1.54, 1.807) is 6.07 Å². The van der Waals surface area contributed by atoms with Gasteiger partial charge in [-0.1, -0.05) is 67.3 Å². The van der Waals surface area contributed by atoms with Crippen LogP contribution in [0, 0.1) is 17.7 Å². The van der Waals surface area contributed by atoms with E-state index in [4.69, 9.17) is 0 Å². The largest absolute Gasteiger partial charge is 0.207 e. The fraction of sp³-hybridized carbons (Fsp3) is 0.0769. The van der Waals surface area contributed by atoms with Gasteiger partial charge < -0.3 is 0 Å². The molecule has 0 saturated heterocycles.